The van der Waals surface area contributed by atoms with Crippen LogP contribution in [0.4, 0.5) is 0 Å². The van der Waals surface area contributed by atoms with E-state index in [4.69, 9.17) is 39.2 Å². The molecule has 1 fully saturated rings. The van der Waals surface area contributed by atoms with Crippen molar-refractivity contribution >= 4 is 57.2 Å². The van der Waals surface area contributed by atoms with E-state index in [1.165, 1.54) is 15.9 Å². The second-order valence-corrected chi connectivity index (χ2v) is 10.5. The van der Waals surface area contributed by atoms with Crippen LogP contribution in [0.2, 0.25) is 5.02 Å². The average Bonchev–Trinajstić information content (AvgIpc) is 3.16. The van der Waals surface area contributed by atoms with Gasteiger partial charge in [0.2, 0.25) is 4.96 Å². The van der Waals surface area contributed by atoms with Crippen molar-refractivity contribution in [1.82, 2.24) is 14.6 Å². The molecule has 3 aromatic heterocycles. The van der Waals surface area contributed by atoms with E-state index < -0.39 is 0 Å². The van der Waals surface area contributed by atoms with Crippen LogP contribution in [0.25, 0.3) is 22.4 Å². The van der Waals surface area contributed by atoms with Gasteiger partial charge in [-0.05, 0) is 41.7 Å². The van der Waals surface area contributed by atoms with Crippen LogP contribution in [0.3, 0.4) is 0 Å². The zero-order valence-corrected chi connectivity index (χ0v) is 19.6. The second kappa shape index (κ2) is 7.48. The van der Waals surface area contributed by atoms with E-state index in [1.54, 1.807) is 12.1 Å². The number of hydrogen-bond donors (Lipinski definition) is 0. The molecule has 1 saturated carbocycles. The van der Waals surface area contributed by atoms with E-state index in [1.807, 2.05) is 36.4 Å². The van der Waals surface area contributed by atoms with Crippen LogP contribution in [0, 0.1) is 11.3 Å². The van der Waals surface area contributed by atoms with E-state index in [-0.39, 0.29) is 27.3 Å². The molecule has 0 aliphatic heterocycles. The lowest BCUT2D eigenvalue weighted by Crippen LogP contribution is -2.23. The Morgan fingerprint density at radius 3 is 2.77 bits per heavy atom. The first-order valence-electron chi connectivity index (χ1n) is 9.54. The zero-order chi connectivity index (χ0) is 21.9. The van der Waals surface area contributed by atoms with E-state index in [0.29, 0.717) is 31.9 Å². The highest BCUT2D eigenvalue weighted by molar-refractivity contribution is 7.15. The Morgan fingerprint density at radius 2 is 2.06 bits per heavy atom. The molecule has 0 spiro atoms. The highest BCUT2D eigenvalue weighted by atomic mass is 35.5. The summed E-state index contributed by atoms with van der Waals surface area (Å²) in [5.41, 5.74) is 0.587. The summed E-state index contributed by atoms with van der Waals surface area (Å²) in [6, 6.07) is 11.1. The van der Waals surface area contributed by atoms with Gasteiger partial charge in [0.1, 0.15) is 20.5 Å². The summed E-state index contributed by atoms with van der Waals surface area (Å²) < 4.78 is 7.97. The van der Waals surface area contributed by atoms with Crippen molar-refractivity contribution in [2.75, 3.05) is 0 Å². The number of aromatic nitrogens is 3. The number of halogens is 3. The van der Waals surface area contributed by atoms with Crippen LogP contribution in [0.15, 0.2) is 56.2 Å². The molecule has 5 rings (SSSR count). The largest absolute Gasteiger partial charge is 0.457 e. The van der Waals surface area contributed by atoms with Crippen LogP contribution >= 0.6 is 46.1 Å². The monoisotopic (exact) mass is 491 g/mol. The van der Waals surface area contributed by atoms with Crippen molar-refractivity contribution in [2.24, 2.45) is 11.3 Å². The summed E-state index contributed by atoms with van der Waals surface area (Å²) in [6.45, 7) is 4.22. The van der Waals surface area contributed by atoms with Crippen molar-refractivity contribution < 1.29 is 4.42 Å². The van der Waals surface area contributed by atoms with Gasteiger partial charge < -0.3 is 4.42 Å². The maximum atomic E-state index is 12.9. The van der Waals surface area contributed by atoms with Gasteiger partial charge in [-0.3, -0.25) is 4.79 Å². The smallest absolute Gasteiger partial charge is 0.291 e. The van der Waals surface area contributed by atoms with Gasteiger partial charge in [0.25, 0.3) is 5.56 Å². The summed E-state index contributed by atoms with van der Waals surface area (Å²) in [5.74, 6) is 2.10. The number of allylic oxidation sites excluding steroid dienone is 1. The predicted molar refractivity (Wildman–Crippen MR) is 125 cm³/mol. The Kier molecular flexibility index (Phi) is 5.01. The average molecular weight is 493 g/mol. The van der Waals surface area contributed by atoms with Crippen molar-refractivity contribution in [3.63, 3.8) is 0 Å². The third kappa shape index (κ3) is 3.72. The molecule has 0 unspecified atom stereocenters. The molecule has 0 amide bonds. The van der Waals surface area contributed by atoms with Crippen LogP contribution in [-0.2, 0) is 0 Å². The number of thiazole rings is 1. The summed E-state index contributed by atoms with van der Waals surface area (Å²) in [5, 5.41) is 5.11. The predicted octanol–water partition coefficient (Wildman–Crippen LogP) is 5.67. The SMILES string of the molecule is CC1(C)[C@H](C=C(Cl)Cl)[C@H]1c1nc2s/c(=C/c3ccc(-c4cccc(Cl)c4)o3)c(=O)n2n1. The Bertz CT molecular complexity index is 1450. The fourth-order valence-electron chi connectivity index (χ4n) is 3.95. The summed E-state index contributed by atoms with van der Waals surface area (Å²) in [6.07, 6.45) is 3.52. The molecule has 5 nitrogen and oxygen atoms in total. The van der Waals surface area contributed by atoms with Gasteiger partial charge >= 0.3 is 0 Å². The molecular formula is C22H16Cl3N3O2S. The number of furan rings is 1. The van der Waals surface area contributed by atoms with Crippen molar-refractivity contribution in [3.8, 4) is 11.3 Å². The van der Waals surface area contributed by atoms with Crippen LogP contribution < -0.4 is 10.1 Å². The number of rotatable bonds is 4. The topological polar surface area (TPSA) is 60.4 Å². The summed E-state index contributed by atoms with van der Waals surface area (Å²) in [4.78, 5) is 18.0. The lowest BCUT2D eigenvalue weighted by atomic mass is 10.1. The lowest BCUT2D eigenvalue weighted by molar-refractivity contribution is 0.571. The third-order valence-corrected chi connectivity index (χ3v) is 7.15. The minimum Gasteiger partial charge on any atom is -0.457 e. The van der Waals surface area contributed by atoms with Gasteiger partial charge in [0.15, 0.2) is 5.82 Å². The van der Waals surface area contributed by atoms with Crippen LogP contribution in [-0.4, -0.2) is 14.6 Å². The maximum Gasteiger partial charge on any atom is 0.291 e. The number of nitrogens with zero attached hydrogens (tertiary/aromatic N) is 3. The quantitative estimate of drug-likeness (QED) is 0.368. The van der Waals surface area contributed by atoms with Gasteiger partial charge in [-0.1, -0.05) is 72.1 Å². The third-order valence-electron chi connectivity index (χ3n) is 5.70. The van der Waals surface area contributed by atoms with Gasteiger partial charge in [-0.15, -0.1) is 5.10 Å². The number of hydrogen-bond acceptors (Lipinski definition) is 5. The molecule has 0 N–H and O–H groups in total. The van der Waals surface area contributed by atoms with Crippen molar-refractivity contribution in [3.05, 3.63) is 78.5 Å². The first-order valence-corrected chi connectivity index (χ1v) is 11.5. The highest BCUT2D eigenvalue weighted by Gasteiger charge is 2.59. The Hall–Kier alpha value is -2.12. The molecule has 0 radical (unpaired) electrons. The summed E-state index contributed by atoms with van der Waals surface area (Å²) >= 11 is 19.0. The molecule has 2 atom stereocenters. The van der Waals surface area contributed by atoms with E-state index >= 15 is 0 Å². The second-order valence-electron chi connectivity index (χ2n) is 8.07. The minimum atomic E-state index is -0.222. The maximum absolute atomic E-state index is 12.9. The molecule has 0 saturated heterocycles. The van der Waals surface area contributed by atoms with Crippen molar-refractivity contribution in [1.29, 1.82) is 0 Å². The first-order chi connectivity index (χ1) is 14.7. The van der Waals surface area contributed by atoms with Gasteiger partial charge in [0, 0.05) is 22.6 Å². The normalized spacial score (nSPS) is 20.4. The minimum absolute atomic E-state index is 0.0605. The standard InChI is InChI=1S/C22H16Cl3N3O2S/c1-22(2)14(10-17(24)25)18(22)19-26-21-28(27-19)20(29)16(31-21)9-13-6-7-15(30-13)11-4-3-5-12(23)8-11/h3-10,14,18H,1-2H3/b16-9+/t14-,18+/m1/s1. The number of fused-ring (bicyclic) bond motifs is 1. The van der Waals surface area contributed by atoms with Gasteiger partial charge in [-0.25, -0.2) is 4.98 Å². The Morgan fingerprint density at radius 1 is 1.26 bits per heavy atom. The summed E-state index contributed by atoms with van der Waals surface area (Å²) in [7, 11) is 0. The Balaban J connectivity index is 1.47. The molecule has 1 aliphatic rings. The van der Waals surface area contributed by atoms with E-state index in [2.05, 4.69) is 23.9 Å². The first kappa shape index (κ1) is 20.8. The molecule has 4 aromatic rings. The fraction of sp³-hybridized carbons (Fsp3) is 0.227. The molecule has 9 heteroatoms. The zero-order valence-electron chi connectivity index (χ0n) is 16.5. The molecular weight excluding hydrogens is 477 g/mol. The molecule has 0 bridgehead atoms. The highest BCUT2D eigenvalue weighted by Crippen LogP contribution is 2.64. The number of benzene rings is 1. The Labute approximate surface area is 196 Å². The van der Waals surface area contributed by atoms with Crippen LogP contribution in [0.5, 0.6) is 0 Å². The van der Waals surface area contributed by atoms with Crippen LogP contribution in [0.1, 0.15) is 31.4 Å². The van der Waals surface area contributed by atoms with Gasteiger partial charge in [0.05, 0.1) is 0 Å². The lowest BCUT2D eigenvalue weighted by Gasteiger charge is -1.97. The molecule has 158 valence electrons. The molecule has 1 aliphatic carbocycles. The molecule has 31 heavy (non-hydrogen) atoms. The molecule has 3 heterocycles. The molecule has 1 aromatic carbocycles. The van der Waals surface area contributed by atoms with E-state index in [0.717, 1.165) is 5.56 Å². The van der Waals surface area contributed by atoms with Crippen molar-refractivity contribution in [2.45, 2.75) is 19.8 Å². The van der Waals surface area contributed by atoms with Gasteiger partial charge in [-0.2, -0.15) is 4.52 Å². The fourth-order valence-corrected chi connectivity index (χ4v) is 5.31. The van der Waals surface area contributed by atoms with E-state index in [9.17, 15) is 4.79 Å².